The summed E-state index contributed by atoms with van der Waals surface area (Å²) >= 11 is 0. The van der Waals surface area contributed by atoms with Crippen molar-refractivity contribution in [2.24, 2.45) is 0 Å². The second-order valence-corrected chi connectivity index (χ2v) is 6.94. The van der Waals surface area contributed by atoms with Crippen LogP contribution in [0.15, 0.2) is 52.9 Å². The predicted molar refractivity (Wildman–Crippen MR) is 107 cm³/mol. The number of rotatable bonds is 5. The predicted octanol–water partition coefficient (Wildman–Crippen LogP) is 3.23. The number of piperazine rings is 1. The van der Waals surface area contributed by atoms with Gasteiger partial charge in [-0.05, 0) is 31.2 Å². The Morgan fingerprint density at radius 3 is 2.41 bits per heavy atom. The summed E-state index contributed by atoms with van der Waals surface area (Å²) < 4.78 is 5.83. The number of hydrogen-bond donors (Lipinski definition) is 1. The smallest absolute Gasteiger partial charge is 0.269 e. The Balaban J connectivity index is 1.41. The summed E-state index contributed by atoms with van der Waals surface area (Å²) in [5.41, 5.74) is 1.51. The minimum absolute atomic E-state index is 0.0178. The molecule has 0 spiro atoms. The number of aromatic hydroxyl groups is 1. The monoisotopic (exact) mass is 395 g/mol. The van der Waals surface area contributed by atoms with Gasteiger partial charge in [-0.1, -0.05) is 12.1 Å². The Bertz CT molecular complexity index is 996. The standard InChI is InChI=1S/C20H21N5O4/c1-14(23-10-12-24(13-11-23)17-4-2-3-5-18(17)26)19-21-22-20(29-19)15-6-8-16(9-7-15)25(27)28/h2-9,14,26H,10-13H2,1H3. The summed E-state index contributed by atoms with van der Waals surface area (Å²) in [5.74, 6) is 1.14. The number of aromatic nitrogens is 2. The first-order chi connectivity index (χ1) is 14.0. The summed E-state index contributed by atoms with van der Waals surface area (Å²) in [6.07, 6.45) is 0. The van der Waals surface area contributed by atoms with Crippen molar-refractivity contribution in [3.63, 3.8) is 0 Å². The van der Waals surface area contributed by atoms with E-state index in [9.17, 15) is 15.2 Å². The SMILES string of the molecule is CC(c1nnc(-c2ccc([N+](=O)[O-])cc2)o1)N1CCN(c2ccccc2O)CC1. The zero-order valence-corrected chi connectivity index (χ0v) is 15.9. The number of nitro benzene ring substituents is 1. The van der Waals surface area contributed by atoms with Gasteiger partial charge < -0.3 is 14.4 Å². The van der Waals surface area contributed by atoms with Crippen LogP contribution in [-0.4, -0.2) is 51.3 Å². The van der Waals surface area contributed by atoms with Crippen molar-refractivity contribution < 1.29 is 14.4 Å². The van der Waals surface area contributed by atoms with Gasteiger partial charge in [-0.15, -0.1) is 10.2 Å². The van der Waals surface area contributed by atoms with Crippen molar-refractivity contribution in [1.29, 1.82) is 0 Å². The van der Waals surface area contributed by atoms with Gasteiger partial charge in [0, 0.05) is 43.9 Å². The molecular formula is C20H21N5O4. The molecule has 9 nitrogen and oxygen atoms in total. The number of benzene rings is 2. The van der Waals surface area contributed by atoms with Gasteiger partial charge in [0.25, 0.3) is 5.69 Å². The van der Waals surface area contributed by atoms with Crippen LogP contribution in [0.5, 0.6) is 5.75 Å². The maximum Gasteiger partial charge on any atom is 0.269 e. The fourth-order valence-electron chi connectivity index (χ4n) is 3.48. The van der Waals surface area contributed by atoms with Crippen LogP contribution >= 0.6 is 0 Å². The Kier molecular flexibility index (Phi) is 5.13. The maximum atomic E-state index is 10.8. The van der Waals surface area contributed by atoms with Crippen LogP contribution < -0.4 is 4.90 Å². The first-order valence-electron chi connectivity index (χ1n) is 9.38. The van der Waals surface area contributed by atoms with E-state index in [1.54, 1.807) is 18.2 Å². The Hall–Kier alpha value is -3.46. The van der Waals surface area contributed by atoms with E-state index in [0.717, 1.165) is 31.9 Å². The van der Waals surface area contributed by atoms with Gasteiger partial charge in [0.2, 0.25) is 11.8 Å². The number of anilines is 1. The minimum atomic E-state index is -0.445. The number of phenols is 1. The van der Waals surface area contributed by atoms with Gasteiger partial charge in [-0.3, -0.25) is 15.0 Å². The van der Waals surface area contributed by atoms with Gasteiger partial charge >= 0.3 is 0 Å². The van der Waals surface area contributed by atoms with Crippen molar-refractivity contribution in [2.45, 2.75) is 13.0 Å². The average Bonchev–Trinajstić information content (AvgIpc) is 3.24. The molecule has 29 heavy (non-hydrogen) atoms. The number of para-hydroxylation sites is 2. The first kappa shape index (κ1) is 18.9. The zero-order chi connectivity index (χ0) is 20.4. The molecule has 0 aliphatic carbocycles. The molecule has 3 aromatic rings. The van der Waals surface area contributed by atoms with Crippen molar-refractivity contribution in [3.05, 3.63) is 64.5 Å². The van der Waals surface area contributed by atoms with E-state index in [4.69, 9.17) is 4.42 Å². The van der Waals surface area contributed by atoms with Crippen LogP contribution in [0.1, 0.15) is 18.9 Å². The molecule has 1 fully saturated rings. The molecule has 1 aliphatic rings. The maximum absolute atomic E-state index is 10.8. The number of nitrogens with zero attached hydrogens (tertiary/aromatic N) is 5. The van der Waals surface area contributed by atoms with Crippen molar-refractivity contribution in [1.82, 2.24) is 15.1 Å². The largest absolute Gasteiger partial charge is 0.506 e. The molecule has 0 saturated carbocycles. The number of hydrogen-bond acceptors (Lipinski definition) is 8. The highest BCUT2D eigenvalue weighted by Crippen LogP contribution is 2.30. The lowest BCUT2D eigenvalue weighted by Crippen LogP contribution is -2.47. The molecule has 1 aromatic heterocycles. The number of non-ortho nitro benzene ring substituents is 1. The lowest BCUT2D eigenvalue weighted by atomic mass is 10.2. The molecule has 0 radical (unpaired) electrons. The fraction of sp³-hybridized carbons (Fsp3) is 0.300. The van der Waals surface area contributed by atoms with Gasteiger partial charge in [0.1, 0.15) is 5.75 Å². The summed E-state index contributed by atoms with van der Waals surface area (Å²) in [4.78, 5) is 14.8. The highest BCUT2D eigenvalue weighted by molar-refractivity contribution is 5.58. The first-order valence-corrected chi connectivity index (χ1v) is 9.38. The lowest BCUT2D eigenvalue weighted by Gasteiger charge is -2.38. The highest BCUT2D eigenvalue weighted by atomic mass is 16.6. The molecule has 1 N–H and O–H groups in total. The van der Waals surface area contributed by atoms with Crippen molar-refractivity contribution in [3.8, 4) is 17.2 Å². The van der Waals surface area contributed by atoms with Crippen LogP contribution in [0, 0.1) is 10.1 Å². The van der Waals surface area contributed by atoms with Crippen LogP contribution in [0.4, 0.5) is 11.4 Å². The second-order valence-electron chi connectivity index (χ2n) is 6.94. The average molecular weight is 395 g/mol. The van der Waals surface area contributed by atoms with E-state index in [1.165, 1.54) is 12.1 Å². The van der Waals surface area contributed by atoms with Crippen LogP contribution in [0.25, 0.3) is 11.5 Å². The molecule has 1 atom stereocenters. The lowest BCUT2D eigenvalue weighted by molar-refractivity contribution is -0.384. The summed E-state index contributed by atoms with van der Waals surface area (Å²) in [5, 5.41) is 29.1. The third kappa shape index (κ3) is 3.90. The van der Waals surface area contributed by atoms with Gasteiger partial charge in [-0.2, -0.15) is 0 Å². The topological polar surface area (TPSA) is 109 Å². The summed E-state index contributed by atoms with van der Waals surface area (Å²) in [6.45, 7) is 5.18. The Morgan fingerprint density at radius 2 is 1.76 bits per heavy atom. The highest BCUT2D eigenvalue weighted by Gasteiger charge is 2.26. The summed E-state index contributed by atoms with van der Waals surface area (Å²) in [6, 6.07) is 13.3. The van der Waals surface area contributed by atoms with Crippen molar-refractivity contribution >= 4 is 11.4 Å². The van der Waals surface area contributed by atoms with Crippen LogP contribution in [0.2, 0.25) is 0 Å². The summed E-state index contributed by atoms with van der Waals surface area (Å²) in [7, 11) is 0. The van der Waals surface area contributed by atoms with E-state index in [0.29, 0.717) is 23.1 Å². The molecule has 4 rings (SSSR count). The number of nitro groups is 1. The second kappa shape index (κ2) is 7.88. The minimum Gasteiger partial charge on any atom is -0.506 e. The Labute approximate surface area is 167 Å². The molecule has 2 heterocycles. The molecule has 2 aromatic carbocycles. The molecule has 0 bridgehead atoms. The fourth-order valence-corrected chi connectivity index (χ4v) is 3.48. The van der Waals surface area contributed by atoms with E-state index in [-0.39, 0.29) is 11.7 Å². The molecule has 1 saturated heterocycles. The molecule has 1 aliphatic heterocycles. The zero-order valence-electron chi connectivity index (χ0n) is 15.9. The normalized spacial score (nSPS) is 16.0. The van der Waals surface area contributed by atoms with E-state index >= 15 is 0 Å². The molecule has 9 heteroatoms. The molecule has 150 valence electrons. The molecule has 0 amide bonds. The quantitative estimate of drug-likeness (QED) is 0.518. The van der Waals surface area contributed by atoms with Gasteiger partial charge in [0.05, 0.1) is 16.7 Å². The molecule has 1 unspecified atom stereocenters. The van der Waals surface area contributed by atoms with E-state index < -0.39 is 4.92 Å². The molecular weight excluding hydrogens is 374 g/mol. The Morgan fingerprint density at radius 1 is 1.07 bits per heavy atom. The number of phenolic OH excluding ortho intramolecular Hbond substituents is 1. The third-order valence-electron chi connectivity index (χ3n) is 5.21. The van der Waals surface area contributed by atoms with Crippen LogP contribution in [0.3, 0.4) is 0 Å². The van der Waals surface area contributed by atoms with E-state index in [2.05, 4.69) is 20.0 Å². The van der Waals surface area contributed by atoms with E-state index in [1.807, 2.05) is 25.1 Å². The van der Waals surface area contributed by atoms with Gasteiger partial charge in [-0.25, -0.2) is 0 Å². The third-order valence-corrected chi connectivity index (χ3v) is 5.21. The van der Waals surface area contributed by atoms with Crippen LogP contribution in [-0.2, 0) is 0 Å². The van der Waals surface area contributed by atoms with Gasteiger partial charge in [0.15, 0.2) is 0 Å². The van der Waals surface area contributed by atoms with Crippen molar-refractivity contribution in [2.75, 3.05) is 31.1 Å².